The Morgan fingerprint density at radius 2 is 2.20 bits per heavy atom. The van der Waals surface area contributed by atoms with Gasteiger partial charge in [0.15, 0.2) is 6.10 Å². The molecule has 1 aliphatic rings. The molecule has 1 aromatic carbocycles. The zero-order valence-electron chi connectivity index (χ0n) is 12.2. The third-order valence-corrected chi connectivity index (χ3v) is 3.22. The van der Waals surface area contributed by atoms with E-state index in [1.807, 2.05) is 57.2 Å². The molecule has 1 amide bonds. The summed E-state index contributed by atoms with van der Waals surface area (Å²) in [6.45, 7) is 6.89. The lowest BCUT2D eigenvalue weighted by molar-refractivity contribution is 0.102. The average Bonchev–Trinajstić information content (AvgIpc) is 2.79. The van der Waals surface area contributed by atoms with Crippen LogP contribution in [0.2, 0.25) is 0 Å². The molecule has 0 spiro atoms. The maximum absolute atomic E-state index is 11.6. The molecule has 4 heteroatoms. The SMILES string of the molecule is C/C=C\c1ccccc1OCC1CN(C(C)C)C(=O)O1. The summed E-state index contributed by atoms with van der Waals surface area (Å²) in [6.07, 6.45) is 3.51. The van der Waals surface area contributed by atoms with Crippen molar-refractivity contribution >= 4 is 12.2 Å². The minimum absolute atomic E-state index is 0.155. The number of ether oxygens (including phenoxy) is 2. The monoisotopic (exact) mass is 275 g/mol. The van der Waals surface area contributed by atoms with Crippen LogP contribution in [0, 0.1) is 0 Å². The molecule has 108 valence electrons. The van der Waals surface area contributed by atoms with E-state index in [-0.39, 0.29) is 18.2 Å². The van der Waals surface area contributed by atoms with E-state index in [4.69, 9.17) is 9.47 Å². The first-order chi connectivity index (χ1) is 9.61. The molecule has 1 heterocycles. The van der Waals surface area contributed by atoms with Crippen molar-refractivity contribution in [1.82, 2.24) is 4.90 Å². The molecule has 0 N–H and O–H groups in total. The molecule has 1 unspecified atom stereocenters. The lowest BCUT2D eigenvalue weighted by Gasteiger charge is -2.17. The van der Waals surface area contributed by atoms with Gasteiger partial charge in [-0.25, -0.2) is 4.79 Å². The number of carbonyl (C=O) groups excluding carboxylic acids is 1. The van der Waals surface area contributed by atoms with Crippen LogP contribution in [0.25, 0.3) is 6.08 Å². The van der Waals surface area contributed by atoms with Crippen LogP contribution in [-0.4, -0.2) is 36.3 Å². The molecule has 1 atom stereocenters. The van der Waals surface area contributed by atoms with E-state index in [0.29, 0.717) is 13.2 Å². The molecular formula is C16H21NO3. The number of carbonyl (C=O) groups is 1. The van der Waals surface area contributed by atoms with Crippen molar-refractivity contribution in [3.8, 4) is 5.75 Å². The van der Waals surface area contributed by atoms with Crippen molar-refractivity contribution in [1.29, 1.82) is 0 Å². The minimum atomic E-state index is -0.254. The number of rotatable bonds is 5. The molecule has 1 aliphatic heterocycles. The second-order valence-electron chi connectivity index (χ2n) is 5.10. The molecule has 1 fully saturated rings. The molecule has 4 nitrogen and oxygen atoms in total. The van der Waals surface area contributed by atoms with E-state index < -0.39 is 0 Å². The zero-order chi connectivity index (χ0) is 14.5. The summed E-state index contributed by atoms with van der Waals surface area (Å²) in [5.41, 5.74) is 1.03. The average molecular weight is 275 g/mol. The van der Waals surface area contributed by atoms with Gasteiger partial charge in [-0.15, -0.1) is 0 Å². The Hall–Kier alpha value is -1.97. The largest absolute Gasteiger partial charge is 0.489 e. The third kappa shape index (κ3) is 3.32. The first kappa shape index (κ1) is 14.4. The van der Waals surface area contributed by atoms with Gasteiger partial charge in [0.05, 0.1) is 6.54 Å². The van der Waals surface area contributed by atoms with Crippen LogP contribution < -0.4 is 4.74 Å². The molecule has 1 saturated heterocycles. The van der Waals surface area contributed by atoms with Crippen LogP contribution in [0.15, 0.2) is 30.3 Å². The second kappa shape index (κ2) is 6.46. The molecule has 2 rings (SSSR count). The maximum Gasteiger partial charge on any atom is 0.410 e. The number of cyclic esters (lactones) is 1. The van der Waals surface area contributed by atoms with E-state index in [9.17, 15) is 4.79 Å². The van der Waals surface area contributed by atoms with E-state index in [1.165, 1.54) is 0 Å². The molecule has 0 saturated carbocycles. The highest BCUT2D eigenvalue weighted by molar-refractivity contribution is 5.70. The van der Waals surface area contributed by atoms with Crippen LogP contribution in [0.4, 0.5) is 4.79 Å². The van der Waals surface area contributed by atoms with E-state index in [0.717, 1.165) is 11.3 Å². The summed E-state index contributed by atoms with van der Waals surface area (Å²) in [4.78, 5) is 13.4. The third-order valence-electron chi connectivity index (χ3n) is 3.22. The van der Waals surface area contributed by atoms with Gasteiger partial charge < -0.3 is 14.4 Å². The van der Waals surface area contributed by atoms with Crippen LogP contribution >= 0.6 is 0 Å². The van der Waals surface area contributed by atoms with Crippen molar-refractivity contribution < 1.29 is 14.3 Å². The van der Waals surface area contributed by atoms with Crippen molar-refractivity contribution in [2.75, 3.05) is 13.2 Å². The first-order valence-corrected chi connectivity index (χ1v) is 6.93. The Kier molecular flexibility index (Phi) is 4.66. The molecule has 0 bridgehead atoms. The first-order valence-electron chi connectivity index (χ1n) is 6.93. The van der Waals surface area contributed by atoms with E-state index >= 15 is 0 Å². The Labute approximate surface area is 120 Å². The molecular weight excluding hydrogens is 254 g/mol. The summed E-state index contributed by atoms with van der Waals surface area (Å²) in [5.74, 6) is 0.810. The number of benzene rings is 1. The Bertz CT molecular complexity index is 496. The number of hydrogen-bond acceptors (Lipinski definition) is 3. The van der Waals surface area contributed by atoms with Crippen LogP contribution in [0.5, 0.6) is 5.75 Å². The highest BCUT2D eigenvalue weighted by atomic mass is 16.6. The van der Waals surface area contributed by atoms with Crippen LogP contribution in [0.1, 0.15) is 26.3 Å². The van der Waals surface area contributed by atoms with Gasteiger partial charge in [0.2, 0.25) is 0 Å². The number of para-hydroxylation sites is 1. The molecule has 1 aromatic rings. The predicted molar refractivity (Wildman–Crippen MR) is 78.8 cm³/mol. The summed E-state index contributed by atoms with van der Waals surface area (Å²) in [7, 11) is 0. The summed E-state index contributed by atoms with van der Waals surface area (Å²) >= 11 is 0. The van der Waals surface area contributed by atoms with Gasteiger partial charge in [-0.3, -0.25) is 0 Å². The van der Waals surface area contributed by atoms with Crippen LogP contribution in [0.3, 0.4) is 0 Å². The van der Waals surface area contributed by atoms with Crippen molar-refractivity contribution in [3.05, 3.63) is 35.9 Å². The number of hydrogen-bond donors (Lipinski definition) is 0. The normalized spacial score (nSPS) is 18.9. The molecule has 0 radical (unpaired) electrons. The van der Waals surface area contributed by atoms with Crippen LogP contribution in [-0.2, 0) is 4.74 Å². The molecule has 20 heavy (non-hydrogen) atoms. The number of amides is 1. The standard InChI is InChI=1S/C16H21NO3/c1-4-7-13-8-5-6-9-15(13)19-11-14-10-17(12(2)3)16(18)20-14/h4-9,12,14H,10-11H2,1-3H3/b7-4-. The van der Waals surface area contributed by atoms with E-state index in [2.05, 4.69) is 0 Å². The van der Waals surface area contributed by atoms with Crippen molar-refractivity contribution in [2.45, 2.75) is 32.9 Å². The summed E-state index contributed by atoms with van der Waals surface area (Å²) in [5, 5.41) is 0. The van der Waals surface area contributed by atoms with Gasteiger partial charge in [0, 0.05) is 11.6 Å². The fraction of sp³-hybridized carbons (Fsp3) is 0.438. The summed E-state index contributed by atoms with van der Waals surface area (Å²) < 4.78 is 11.1. The lowest BCUT2D eigenvalue weighted by atomic mass is 10.2. The molecule has 0 aromatic heterocycles. The Balaban J connectivity index is 1.95. The Morgan fingerprint density at radius 3 is 2.85 bits per heavy atom. The van der Waals surface area contributed by atoms with Crippen molar-refractivity contribution in [2.24, 2.45) is 0 Å². The van der Waals surface area contributed by atoms with Gasteiger partial charge in [-0.05, 0) is 26.8 Å². The predicted octanol–water partition coefficient (Wildman–Crippen LogP) is 3.33. The van der Waals surface area contributed by atoms with E-state index in [1.54, 1.807) is 4.90 Å². The number of nitrogens with zero attached hydrogens (tertiary/aromatic N) is 1. The smallest absolute Gasteiger partial charge is 0.410 e. The fourth-order valence-corrected chi connectivity index (χ4v) is 2.16. The Morgan fingerprint density at radius 1 is 1.45 bits per heavy atom. The van der Waals surface area contributed by atoms with Gasteiger partial charge in [-0.2, -0.15) is 0 Å². The number of allylic oxidation sites excluding steroid dienone is 1. The topological polar surface area (TPSA) is 38.8 Å². The quantitative estimate of drug-likeness (QED) is 0.827. The second-order valence-corrected chi connectivity index (χ2v) is 5.10. The fourth-order valence-electron chi connectivity index (χ4n) is 2.16. The van der Waals surface area contributed by atoms with Crippen molar-refractivity contribution in [3.63, 3.8) is 0 Å². The van der Waals surface area contributed by atoms with Gasteiger partial charge >= 0.3 is 6.09 Å². The lowest BCUT2D eigenvalue weighted by Crippen LogP contribution is -2.32. The molecule has 0 aliphatic carbocycles. The highest BCUT2D eigenvalue weighted by Gasteiger charge is 2.33. The highest BCUT2D eigenvalue weighted by Crippen LogP contribution is 2.21. The maximum atomic E-state index is 11.6. The zero-order valence-corrected chi connectivity index (χ0v) is 12.2. The van der Waals surface area contributed by atoms with Gasteiger partial charge in [0.25, 0.3) is 0 Å². The minimum Gasteiger partial charge on any atom is -0.489 e. The van der Waals surface area contributed by atoms with Gasteiger partial charge in [0.1, 0.15) is 12.4 Å². The summed E-state index contributed by atoms with van der Waals surface area (Å²) in [6, 6.07) is 7.98. The van der Waals surface area contributed by atoms with Gasteiger partial charge in [-0.1, -0.05) is 30.4 Å².